The Bertz CT molecular complexity index is 1050. The van der Waals surface area contributed by atoms with Gasteiger partial charge in [-0.05, 0) is 18.9 Å². The Morgan fingerprint density at radius 3 is 2.23 bits per heavy atom. The molecule has 3 heterocycles. The van der Waals surface area contributed by atoms with E-state index in [1.807, 2.05) is 17.0 Å². The fraction of sp³-hybridized carbons (Fsp3) is 0.545. The number of morpholine rings is 1. The van der Waals surface area contributed by atoms with Crippen LogP contribution in [0.25, 0.3) is 10.9 Å². The molecule has 0 atom stereocenters. The number of rotatable bonds is 5. The lowest BCUT2D eigenvalue weighted by Crippen LogP contribution is -2.43. The van der Waals surface area contributed by atoms with Crippen molar-refractivity contribution in [1.29, 1.82) is 0 Å². The quantitative estimate of drug-likeness (QED) is 0.696. The van der Waals surface area contributed by atoms with Crippen LogP contribution in [-0.4, -0.2) is 79.7 Å². The van der Waals surface area contributed by atoms with Crippen molar-refractivity contribution in [2.75, 3.05) is 45.1 Å². The molecule has 2 saturated heterocycles. The molecule has 9 heteroatoms. The van der Waals surface area contributed by atoms with Gasteiger partial charge in [-0.2, -0.15) is 0 Å². The largest absolute Gasteiger partial charge is 0.378 e. The number of nitrogens with zero attached hydrogens (tertiary/aromatic N) is 3. The Morgan fingerprint density at radius 2 is 1.52 bits per heavy atom. The van der Waals surface area contributed by atoms with E-state index in [4.69, 9.17) is 4.74 Å². The molecule has 31 heavy (non-hydrogen) atoms. The number of amides is 2. The predicted molar refractivity (Wildman–Crippen MR) is 116 cm³/mol. The van der Waals surface area contributed by atoms with Gasteiger partial charge in [0.25, 0.3) is 0 Å². The Balaban J connectivity index is 1.58. The van der Waals surface area contributed by atoms with Crippen LogP contribution in [0.4, 0.5) is 0 Å². The minimum Gasteiger partial charge on any atom is -0.378 e. The lowest BCUT2D eigenvalue weighted by Gasteiger charge is -2.26. The van der Waals surface area contributed by atoms with Gasteiger partial charge < -0.3 is 19.1 Å². The van der Waals surface area contributed by atoms with Crippen molar-refractivity contribution in [1.82, 2.24) is 14.4 Å². The molecule has 1 aromatic heterocycles. The molecule has 2 fully saturated rings. The summed E-state index contributed by atoms with van der Waals surface area (Å²) in [4.78, 5) is 29.0. The van der Waals surface area contributed by atoms with Crippen molar-refractivity contribution in [3.8, 4) is 0 Å². The zero-order valence-electron chi connectivity index (χ0n) is 17.7. The van der Waals surface area contributed by atoms with Crippen LogP contribution >= 0.6 is 0 Å². The molecule has 0 bridgehead atoms. The number of aromatic nitrogens is 1. The lowest BCUT2D eigenvalue weighted by atomic mass is 10.2. The van der Waals surface area contributed by atoms with Crippen molar-refractivity contribution in [2.45, 2.75) is 37.1 Å². The van der Waals surface area contributed by atoms with E-state index in [-0.39, 0.29) is 17.3 Å². The summed E-state index contributed by atoms with van der Waals surface area (Å²) in [5.41, 5.74) is 0.683. The summed E-state index contributed by atoms with van der Waals surface area (Å²) >= 11 is 0. The molecule has 0 aliphatic carbocycles. The zero-order chi connectivity index (χ0) is 21.8. The van der Waals surface area contributed by atoms with Gasteiger partial charge in [-0.25, -0.2) is 8.42 Å². The number of para-hydroxylation sites is 1. The monoisotopic (exact) mass is 447 g/mol. The van der Waals surface area contributed by atoms with Crippen molar-refractivity contribution in [3.63, 3.8) is 0 Å². The third-order valence-corrected chi connectivity index (χ3v) is 7.65. The molecular weight excluding hydrogens is 418 g/mol. The highest BCUT2D eigenvalue weighted by Gasteiger charge is 2.28. The lowest BCUT2D eigenvalue weighted by molar-refractivity contribution is -0.132. The minimum absolute atomic E-state index is 0.00371. The van der Waals surface area contributed by atoms with Crippen LogP contribution in [0, 0.1) is 0 Å². The summed E-state index contributed by atoms with van der Waals surface area (Å²) in [5.74, 6) is -1.00. The van der Waals surface area contributed by atoms with Crippen LogP contribution in [0.1, 0.15) is 25.7 Å². The van der Waals surface area contributed by atoms with E-state index in [0.717, 1.165) is 38.8 Å². The van der Waals surface area contributed by atoms with Crippen LogP contribution < -0.4 is 0 Å². The molecule has 4 rings (SSSR count). The molecule has 1 aromatic carbocycles. The Hall–Kier alpha value is -2.39. The predicted octanol–water partition coefficient (Wildman–Crippen LogP) is 1.68. The van der Waals surface area contributed by atoms with Gasteiger partial charge in [-0.15, -0.1) is 0 Å². The molecule has 2 amide bonds. The minimum atomic E-state index is -3.86. The molecule has 168 valence electrons. The first-order chi connectivity index (χ1) is 15.0. The summed E-state index contributed by atoms with van der Waals surface area (Å²) in [6, 6.07) is 7.14. The van der Waals surface area contributed by atoms with E-state index in [0.29, 0.717) is 37.2 Å². The van der Waals surface area contributed by atoms with Gasteiger partial charge in [0.05, 0.1) is 18.1 Å². The van der Waals surface area contributed by atoms with Gasteiger partial charge in [-0.1, -0.05) is 31.0 Å². The Labute approximate surface area is 182 Å². The van der Waals surface area contributed by atoms with E-state index in [1.54, 1.807) is 16.7 Å². The molecule has 0 radical (unpaired) electrons. The number of likely N-dealkylation sites (tertiary alicyclic amines) is 1. The number of carbonyl (C=O) groups is 2. The maximum Gasteiger partial charge on any atom is 0.242 e. The van der Waals surface area contributed by atoms with E-state index in [9.17, 15) is 18.0 Å². The van der Waals surface area contributed by atoms with Crippen LogP contribution in [0.3, 0.4) is 0 Å². The van der Waals surface area contributed by atoms with Crippen LogP contribution in [0.15, 0.2) is 35.4 Å². The van der Waals surface area contributed by atoms with Gasteiger partial charge in [-0.3, -0.25) is 9.59 Å². The van der Waals surface area contributed by atoms with Gasteiger partial charge >= 0.3 is 0 Å². The fourth-order valence-electron chi connectivity index (χ4n) is 4.30. The molecule has 0 spiro atoms. The highest BCUT2D eigenvalue weighted by molar-refractivity contribution is 7.92. The average molecular weight is 448 g/mol. The van der Waals surface area contributed by atoms with E-state index < -0.39 is 21.5 Å². The first-order valence-corrected chi connectivity index (χ1v) is 12.5. The van der Waals surface area contributed by atoms with Gasteiger partial charge in [0, 0.05) is 43.3 Å². The van der Waals surface area contributed by atoms with Gasteiger partial charge in [0.1, 0.15) is 12.3 Å². The SMILES string of the molecule is O=C(Cn1cc(S(=O)(=O)CC(=O)N2CCOCC2)c2ccccc21)N1CCCCCC1. The third-order valence-electron chi connectivity index (χ3n) is 6.03. The van der Waals surface area contributed by atoms with E-state index in [1.165, 1.54) is 11.1 Å². The molecular formula is C22H29N3O5S. The second kappa shape index (κ2) is 9.40. The standard InChI is InChI=1S/C22H29N3O5S/c26-21(23-9-5-1-2-6-10-23)16-25-15-20(18-7-3-4-8-19(18)25)31(28,29)17-22(27)24-11-13-30-14-12-24/h3-4,7-8,15H,1-2,5-6,9-14,16-17H2. The maximum atomic E-state index is 13.2. The van der Waals surface area contributed by atoms with E-state index >= 15 is 0 Å². The van der Waals surface area contributed by atoms with Crippen molar-refractivity contribution in [3.05, 3.63) is 30.5 Å². The Morgan fingerprint density at radius 1 is 0.871 bits per heavy atom. The highest BCUT2D eigenvalue weighted by atomic mass is 32.2. The molecule has 2 aliphatic heterocycles. The first-order valence-electron chi connectivity index (χ1n) is 10.9. The fourth-order valence-corrected chi connectivity index (χ4v) is 5.76. The number of ether oxygens (including phenoxy) is 1. The molecule has 2 aliphatic rings. The Kier molecular flexibility index (Phi) is 6.62. The number of benzene rings is 1. The topological polar surface area (TPSA) is 88.9 Å². The van der Waals surface area contributed by atoms with Gasteiger partial charge in [0.15, 0.2) is 9.84 Å². The average Bonchev–Trinajstić information content (AvgIpc) is 2.95. The van der Waals surface area contributed by atoms with Gasteiger partial charge in [0.2, 0.25) is 11.8 Å². The summed E-state index contributed by atoms with van der Waals surface area (Å²) in [7, 11) is -3.86. The van der Waals surface area contributed by atoms with Crippen LogP contribution in [0.5, 0.6) is 0 Å². The third kappa shape index (κ3) is 4.93. The number of hydrogen-bond donors (Lipinski definition) is 0. The number of sulfone groups is 1. The molecule has 0 saturated carbocycles. The molecule has 0 N–H and O–H groups in total. The zero-order valence-corrected chi connectivity index (χ0v) is 18.5. The number of carbonyl (C=O) groups excluding carboxylic acids is 2. The molecule has 0 unspecified atom stereocenters. The summed E-state index contributed by atoms with van der Waals surface area (Å²) in [6.45, 7) is 3.23. The smallest absolute Gasteiger partial charge is 0.242 e. The molecule has 2 aromatic rings. The molecule has 8 nitrogen and oxygen atoms in total. The normalized spacial score (nSPS) is 18.2. The second-order valence-corrected chi connectivity index (χ2v) is 10.1. The second-order valence-electron chi connectivity index (χ2n) is 8.19. The van der Waals surface area contributed by atoms with Crippen molar-refractivity contribution < 1.29 is 22.7 Å². The maximum absolute atomic E-state index is 13.2. The highest BCUT2D eigenvalue weighted by Crippen LogP contribution is 2.27. The summed E-state index contributed by atoms with van der Waals surface area (Å²) in [5, 5.41) is 0.543. The summed E-state index contributed by atoms with van der Waals surface area (Å²) < 4.78 is 33.3. The number of hydrogen-bond acceptors (Lipinski definition) is 5. The van der Waals surface area contributed by atoms with Crippen LogP contribution in [0.2, 0.25) is 0 Å². The van der Waals surface area contributed by atoms with Crippen molar-refractivity contribution >= 4 is 32.6 Å². The summed E-state index contributed by atoms with van der Waals surface area (Å²) in [6.07, 6.45) is 5.79. The van der Waals surface area contributed by atoms with Crippen molar-refractivity contribution in [2.24, 2.45) is 0 Å². The van der Waals surface area contributed by atoms with Crippen LogP contribution in [-0.2, 0) is 30.7 Å². The van der Waals surface area contributed by atoms with E-state index in [2.05, 4.69) is 0 Å². The number of fused-ring (bicyclic) bond motifs is 1. The first kappa shape index (κ1) is 21.8.